The Kier molecular flexibility index (Phi) is 5.56. The fraction of sp³-hybridized carbons (Fsp3) is 0.273. The first-order valence-corrected chi connectivity index (χ1v) is 10.6. The van der Waals surface area contributed by atoms with Gasteiger partial charge in [0.1, 0.15) is 12.4 Å². The number of anilines is 2. The Bertz CT molecular complexity index is 1190. The zero-order valence-corrected chi connectivity index (χ0v) is 17.5. The minimum absolute atomic E-state index is 0.0131. The second kappa shape index (κ2) is 8.96. The van der Waals surface area contributed by atoms with Crippen molar-refractivity contribution < 1.29 is 9.53 Å². The Morgan fingerprint density at radius 1 is 1.09 bits per heavy atom. The summed E-state index contributed by atoms with van der Waals surface area (Å²) in [5, 5.41) is 22.5. The van der Waals surface area contributed by atoms with Crippen molar-refractivity contribution in [1.82, 2.24) is 35.6 Å². The van der Waals surface area contributed by atoms with Gasteiger partial charge in [-0.3, -0.25) is 5.10 Å². The number of aromatic amines is 2. The minimum atomic E-state index is -0.0131. The van der Waals surface area contributed by atoms with Gasteiger partial charge in [-0.2, -0.15) is 5.10 Å². The molecule has 0 bridgehead atoms. The number of H-pyrrole nitrogens is 2. The van der Waals surface area contributed by atoms with E-state index in [1.165, 1.54) is 0 Å². The van der Waals surface area contributed by atoms with Crippen LogP contribution in [0.2, 0.25) is 0 Å². The van der Waals surface area contributed by atoms with Crippen LogP contribution in [0, 0.1) is 0 Å². The molecule has 32 heavy (non-hydrogen) atoms. The van der Waals surface area contributed by atoms with Gasteiger partial charge in [-0.1, -0.05) is 0 Å². The van der Waals surface area contributed by atoms with E-state index in [1.807, 2.05) is 47.4 Å². The van der Waals surface area contributed by atoms with E-state index in [1.54, 1.807) is 6.20 Å². The highest BCUT2D eigenvalue weighted by Gasteiger charge is 2.16. The number of aromatic nitrogens is 5. The standard InChI is InChI=1S/C22H24N8O2/c31-22(30-10-1-2-11-30)23-9-12-32-18-6-3-15(4-7-18)20-26-21(29-28-20)25-17-5-8-19-16(13-17)14-24-27-19/h3-8,13-14H,1-2,9-12H2,(H,23,31)(H,24,27)(H2,25,26,28,29). The molecule has 164 valence electrons. The molecule has 5 rings (SSSR count). The van der Waals surface area contributed by atoms with Crippen molar-refractivity contribution in [3.8, 4) is 17.1 Å². The van der Waals surface area contributed by atoms with E-state index in [-0.39, 0.29) is 6.03 Å². The Morgan fingerprint density at radius 2 is 1.94 bits per heavy atom. The molecular formula is C22H24N8O2. The minimum Gasteiger partial charge on any atom is -0.492 e. The summed E-state index contributed by atoms with van der Waals surface area (Å²) in [6, 6.07) is 13.5. The summed E-state index contributed by atoms with van der Waals surface area (Å²) in [5.74, 6) is 1.94. The van der Waals surface area contributed by atoms with E-state index < -0.39 is 0 Å². The zero-order chi connectivity index (χ0) is 21.8. The molecule has 4 N–H and O–H groups in total. The van der Waals surface area contributed by atoms with E-state index in [4.69, 9.17) is 4.74 Å². The monoisotopic (exact) mass is 432 g/mol. The van der Waals surface area contributed by atoms with Gasteiger partial charge in [0.2, 0.25) is 5.95 Å². The second-order valence-corrected chi connectivity index (χ2v) is 7.62. The Balaban J connectivity index is 1.13. The highest BCUT2D eigenvalue weighted by atomic mass is 16.5. The lowest BCUT2D eigenvalue weighted by molar-refractivity contribution is 0.205. The molecule has 1 saturated heterocycles. The summed E-state index contributed by atoms with van der Waals surface area (Å²) in [6.07, 6.45) is 3.94. The lowest BCUT2D eigenvalue weighted by Crippen LogP contribution is -2.39. The maximum atomic E-state index is 12.0. The fourth-order valence-electron chi connectivity index (χ4n) is 3.67. The first kappa shape index (κ1) is 19.9. The first-order valence-electron chi connectivity index (χ1n) is 10.6. The predicted octanol–water partition coefficient (Wildman–Crippen LogP) is 3.28. The van der Waals surface area contributed by atoms with Crippen LogP contribution in [0.4, 0.5) is 16.4 Å². The van der Waals surface area contributed by atoms with Crippen LogP contribution in [0.15, 0.2) is 48.7 Å². The van der Waals surface area contributed by atoms with Crippen molar-refractivity contribution in [2.75, 3.05) is 31.6 Å². The van der Waals surface area contributed by atoms with E-state index in [9.17, 15) is 4.79 Å². The van der Waals surface area contributed by atoms with E-state index in [0.717, 1.165) is 53.8 Å². The summed E-state index contributed by atoms with van der Waals surface area (Å²) < 4.78 is 5.72. The quantitative estimate of drug-likeness (QED) is 0.332. The number of nitrogens with zero attached hydrogens (tertiary/aromatic N) is 4. The molecule has 0 unspecified atom stereocenters. The number of amides is 2. The molecule has 2 amide bonds. The van der Waals surface area contributed by atoms with Crippen LogP contribution in [-0.2, 0) is 0 Å². The number of likely N-dealkylation sites (tertiary alicyclic amines) is 1. The third-order valence-corrected chi connectivity index (χ3v) is 5.36. The van der Waals surface area contributed by atoms with E-state index >= 15 is 0 Å². The highest BCUT2D eigenvalue weighted by molar-refractivity contribution is 5.82. The second-order valence-electron chi connectivity index (χ2n) is 7.62. The summed E-state index contributed by atoms with van der Waals surface area (Å²) in [4.78, 5) is 17.0. The van der Waals surface area contributed by atoms with Gasteiger partial charge in [0.05, 0.1) is 18.3 Å². The van der Waals surface area contributed by atoms with Crippen LogP contribution in [0.25, 0.3) is 22.3 Å². The number of carbonyl (C=O) groups excluding carboxylic acids is 1. The van der Waals surface area contributed by atoms with Gasteiger partial charge in [0.15, 0.2) is 5.82 Å². The highest BCUT2D eigenvalue weighted by Crippen LogP contribution is 2.23. The number of nitrogens with one attached hydrogen (secondary N) is 4. The lowest BCUT2D eigenvalue weighted by atomic mass is 10.2. The molecule has 2 aromatic carbocycles. The molecule has 0 saturated carbocycles. The smallest absolute Gasteiger partial charge is 0.317 e. The number of urea groups is 1. The van der Waals surface area contributed by atoms with Gasteiger partial charge in [-0.05, 0) is 55.3 Å². The zero-order valence-electron chi connectivity index (χ0n) is 17.5. The van der Waals surface area contributed by atoms with Crippen LogP contribution in [-0.4, -0.2) is 62.6 Å². The van der Waals surface area contributed by atoms with Crippen LogP contribution in [0.5, 0.6) is 5.75 Å². The van der Waals surface area contributed by atoms with Gasteiger partial charge in [0, 0.05) is 29.7 Å². The van der Waals surface area contributed by atoms with Gasteiger partial charge >= 0.3 is 6.03 Å². The van der Waals surface area contributed by atoms with Gasteiger partial charge in [-0.15, -0.1) is 10.2 Å². The van der Waals surface area contributed by atoms with Crippen molar-refractivity contribution >= 4 is 28.6 Å². The topological polar surface area (TPSA) is 124 Å². The molecule has 0 atom stereocenters. The number of rotatable bonds is 7. The SMILES string of the molecule is O=C(NCCOc1ccc(-c2nnc(Nc3ccc4[nH]ncc4c3)[nH]2)cc1)N1CCCC1. The Hall–Kier alpha value is -4.08. The summed E-state index contributed by atoms with van der Waals surface area (Å²) >= 11 is 0. The number of fused-ring (bicyclic) bond motifs is 1. The summed E-state index contributed by atoms with van der Waals surface area (Å²) in [7, 11) is 0. The fourth-order valence-corrected chi connectivity index (χ4v) is 3.67. The van der Waals surface area contributed by atoms with Crippen molar-refractivity contribution in [2.24, 2.45) is 0 Å². The van der Waals surface area contributed by atoms with Gasteiger partial charge in [0.25, 0.3) is 0 Å². The Morgan fingerprint density at radius 3 is 2.78 bits per heavy atom. The number of hydrogen-bond donors (Lipinski definition) is 4. The van der Waals surface area contributed by atoms with Gasteiger partial charge < -0.3 is 25.3 Å². The number of hydrogen-bond acceptors (Lipinski definition) is 6. The average Bonchev–Trinajstić information content (AvgIpc) is 3.59. The molecule has 0 radical (unpaired) electrons. The molecule has 4 aromatic rings. The largest absolute Gasteiger partial charge is 0.492 e. The predicted molar refractivity (Wildman–Crippen MR) is 121 cm³/mol. The molecule has 0 aliphatic carbocycles. The van der Waals surface area contributed by atoms with Crippen molar-refractivity contribution in [1.29, 1.82) is 0 Å². The molecule has 3 heterocycles. The van der Waals surface area contributed by atoms with Crippen LogP contribution in [0.1, 0.15) is 12.8 Å². The van der Waals surface area contributed by atoms with Crippen molar-refractivity contribution in [3.63, 3.8) is 0 Å². The molecule has 0 spiro atoms. The molecule has 2 aromatic heterocycles. The number of benzene rings is 2. The normalized spacial score (nSPS) is 13.4. The van der Waals surface area contributed by atoms with Crippen LogP contribution >= 0.6 is 0 Å². The number of carbonyl (C=O) groups is 1. The maximum Gasteiger partial charge on any atom is 0.317 e. The van der Waals surface area contributed by atoms with Crippen LogP contribution in [0.3, 0.4) is 0 Å². The third-order valence-electron chi connectivity index (χ3n) is 5.36. The molecule has 1 fully saturated rings. The van der Waals surface area contributed by atoms with Crippen molar-refractivity contribution in [3.05, 3.63) is 48.7 Å². The Labute approximate surface area is 184 Å². The lowest BCUT2D eigenvalue weighted by Gasteiger charge is -2.16. The third kappa shape index (κ3) is 4.48. The summed E-state index contributed by atoms with van der Waals surface area (Å²) in [5.41, 5.74) is 2.76. The average molecular weight is 432 g/mol. The van der Waals surface area contributed by atoms with Crippen molar-refractivity contribution in [2.45, 2.75) is 12.8 Å². The molecular weight excluding hydrogens is 408 g/mol. The molecule has 10 heteroatoms. The van der Waals surface area contributed by atoms with Crippen LogP contribution < -0.4 is 15.4 Å². The van der Waals surface area contributed by atoms with Gasteiger partial charge in [-0.25, -0.2) is 4.79 Å². The molecule has 1 aliphatic heterocycles. The molecule has 10 nitrogen and oxygen atoms in total. The maximum absolute atomic E-state index is 12.0. The molecule has 1 aliphatic rings. The van der Waals surface area contributed by atoms with E-state index in [0.29, 0.717) is 24.9 Å². The summed E-state index contributed by atoms with van der Waals surface area (Å²) in [6.45, 7) is 2.56. The first-order chi connectivity index (χ1) is 15.7. The number of ether oxygens (including phenoxy) is 1. The van der Waals surface area contributed by atoms with E-state index in [2.05, 4.69) is 36.0 Å².